The summed E-state index contributed by atoms with van der Waals surface area (Å²) >= 11 is 3.32. The van der Waals surface area contributed by atoms with Crippen molar-refractivity contribution < 1.29 is 9.53 Å². The Morgan fingerprint density at radius 3 is 3.00 bits per heavy atom. The molecule has 0 aromatic carbocycles. The zero-order chi connectivity index (χ0) is 13.7. The molecule has 2 aromatic heterocycles. The molecule has 0 unspecified atom stereocenters. The first-order valence-electron chi connectivity index (χ1n) is 5.95. The van der Waals surface area contributed by atoms with Crippen LogP contribution in [0.3, 0.4) is 0 Å². The number of ketones is 1. The Balaban J connectivity index is 2.27. The first-order valence-corrected chi connectivity index (χ1v) is 6.74. The van der Waals surface area contributed by atoms with Crippen molar-refractivity contribution in [2.45, 2.75) is 13.3 Å². The molecule has 4 nitrogen and oxygen atoms in total. The van der Waals surface area contributed by atoms with Crippen molar-refractivity contribution in [1.82, 2.24) is 9.97 Å². The van der Waals surface area contributed by atoms with Crippen molar-refractivity contribution in [2.75, 3.05) is 6.61 Å². The highest BCUT2D eigenvalue weighted by atomic mass is 79.9. The summed E-state index contributed by atoms with van der Waals surface area (Å²) in [5, 5.41) is 0. The summed E-state index contributed by atoms with van der Waals surface area (Å²) in [4.78, 5) is 20.4. The minimum Gasteiger partial charge on any atom is -0.492 e. The lowest BCUT2D eigenvalue weighted by molar-refractivity contribution is 0.103. The van der Waals surface area contributed by atoms with Crippen LogP contribution in [0.4, 0.5) is 0 Å². The average molecular weight is 321 g/mol. The van der Waals surface area contributed by atoms with E-state index in [0.29, 0.717) is 28.1 Å². The average Bonchev–Trinajstić information content (AvgIpc) is 2.45. The zero-order valence-corrected chi connectivity index (χ0v) is 12.1. The first kappa shape index (κ1) is 13.7. The van der Waals surface area contributed by atoms with Gasteiger partial charge < -0.3 is 4.74 Å². The van der Waals surface area contributed by atoms with Crippen LogP contribution in [0.2, 0.25) is 0 Å². The fraction of sp³-hybridized carbons (Fsp3) is 0.214. The highest BCUT2D eigenvalue weighted by Crippen LogP contribution is 2.19. The number of pyridine rings is 2. The van der Waals surface area contributed by atoms with Gasteiger partial charge in [0.05, 0.1) is 12.8 Å². The summed E-state index contributed by atoms with van der Waals surface area (Å²) in [6.07, 6.45) is 5.61. The van der Waals surface area contributed by atoms with Gasteiger partial charge in [-0.25, -0.2) is 0 Å². The molecule has 0 radical (unpaired) electrons. The normalized spacial score (nSPS) is 10.2. The van der Waals surface area contributed by atoms with Gasteiger partial charge in [-0.05, 0) is 40.5 Å². The molecular weight excluding hydrogens is 308 g/mol. The summed E-state index contributed by atoms with van der Waals surface area (Å²) in [5.74, 6) is 0.418. The van der Waals surface area contributed by atoms with E-state index in [9.17, 15) is 4.79 Å². The summed E-state index contributed by atoms with van der Waals surface area (Å²) < 4.78 is 6.13. The highest BCUT2D eigenvalue weighted by molar-refractivity contribution is 9.10. The molecule has 0 fully saturated rings. The molecule has 0 N–H and O–H groups in total. The maximum atomic E-state index is 12.3. The van der Waals surface area contributed by atoms with E-state index in [4.69, 9.17) is 4.74 Å². The van der Waals surface area contributed by atoms with E-state index in [-0.39, 0.29) is 5.78 Å². The second-order valence-electron chi connectivity index (χ2n) is 3.92. The van der Waals surface area contributed by atoms with E-state index in [1.807, 2.05) is 6.92 Å². The smallest absolute Gasteiger partial charge is 0.214 e. The molecule has 2 rings (SSSR count). The maximum absolute atomic E-state index is 12.3. The number of aromatic nitrogens is 2. The Morgan fingerprint density at radius 2 is 2.26 bits per heavy atom. The Labute approximate surface area is 120 Å². The van der Waals surface area contributed by atoms with Gasteiger partial charge in [0.25, 0.3) is 0 Å². The minimum absolute atomic E-state index is 0.179. The number of nitrogens with zero attached hydrogens (tertiary/aromatic N) is 2. The fourth-order valence-corrected chi connectivity index (χ4v) is 1.97. The van der Waals surface area contributed by atoms with Gasteiger partial charge in [-0.2, -0.15) is 0 Å². The van der Waals surface area contributed by atoms with Gasteiger partial charge in [0.1, 0.15) is 11.4 Å². The third-order valence-corrected chi connectivity index (χ3v) is 3.06. The number of hydrogen-bond acceptors (Lipinski definition) is 4. The molecular formula is C14H13BrN2O2. The molecule has 0 saturated heterocycles. The van der Waals surface area contributed by atoms with Crippen LogP contribution in [0.15, 0.2) is 41.3 Å². The second kappa shape index (κ2) is 6.43. The van der Waals surface area contributed by atoms with Crippen molar-refractivity contribution in [3.63, 3.8) is 0 Å². The van der Waals surface area contributed by atoms with Crippen LogP contribution in [-0.4, -0.2) is 22.4 Å². The minimum atomic E-state index is -0.179. The van der Waals surface area contributed by atoms with Gasteiger partial charge in [0.2, 0.25) is 5.78 Å². The molecule has 0 atom stereocenters. The van der Waals surface area contributed by atoms with E-state index in [0.717, 1.165) is 6.42 Å². The molecule has 0 aliphatic heterocycles. The van der Waals surface area contributed by atoms with Crippen molar-refractivity contribution in [3.05, 3.63) is 52.5 Å². The molecule has 5 heteroatoms. The van der Waals surface area contributed by atoms with E-state index < -0.39 is 0 Å². The Kier molecular flexibility index (Phi) is 4.63. The van der Waals surface area contributed by atoms with Crippen LogP contribution in [0.1, 0.15) is 29.4 Å². The van der Waals surface area contributed by atoms with Gasteiger partial charge in [-0.3, -0.25) is 14.8 Å². The van der Waals surface area contributed by atoms with Crippen LogP contribution in [-0.2, 0) is 0 Å². The molecule has 98 valence electrons. The Hall–Kier alpha value is -1.75. The zero-order valence-electron chi connectivity index (χ0n) is 10.5. The third-order valence-electron chi connectivity index (χ3n) is 2.42. The van der Waals surface area contributed by atoms with Crippen molar-refractivity contribution >= 4 is 21.7 Å². The van der Waals surface area contributed by atoms with Crippen LogP contribution in [0, 0.1) is 0 Å². The summed E-state index contributed by atoms with van der Waals surface area (Å²) in [6, 6.07) is 5.23. The highest BCUT2D eigenvalue weighted by Gasteiger charge is 2.14. The number of rotatable bonds is 5. The van der Waals surface area contributed by atoms with Gasteiger partial charge >= 0.3 is 0 Å². The largest absolute Gasteiger partial charge is 0.492 e. The molecule has 2 aromatic rings. The van der Waals surface area contributed by atoms with E-state index in [1.165, 1.54) is 6.20 Å². The Morgan fingerprint density at radius 1 is 1.42 bits per heavy atom. The van der Waals surface area contributed by atoms with Crippen LogP contribution >= 0.6 is 15.9 Å². The summed E-state index contributed by atoms with van der Waals surface area (Å²) in [6.45, 7) is 2.63. The van der Waals surface area contributed by atoms with Crippen molar-refractivity contribution in [3.8, 4) is 5.75 Å². The first-order chi connectivity index (χ1) is 9.22. The molecule has 2 heterocycles. The molecule has 0 aliphatic carbocycles. The lowest BCUT2D eigenvalue weighted by atomic mass is 10.1. The monoisotopic (exact) mass is 320 g/mol. The second-order valence-corrected chi connectivity index (χ2v) is 4.78. The summed E-state index contributed by atoms with van der Waals surface area (Å²) in [5.41, 5.74) is 0.838. The van der Waals surface area contributed by atoms with Crippen molar-refractivity contribution in [1.29, 1.82) is 0 Å². The van der Waals surface area contributed by atoms with Gasteiger partial charge in [-0.1, -0.05) is 6.92 Å². The number of carbonyl (C=O) groups excluding carboxylic acids is 1. The van der Waals surface area contributed by atoms with Crippen LogP contribution in [0.5, 0.6) is 5.75 Å². The number of halogens is 1. The maximum Gasteiger partial charge on any atom is 0.214 e. The molecule has 0 amide bonds. The van der Waals surface area contributed by atoms with E-state index in [2.05, 4.69) is 25.9 Å². The number of carbonyl (C=O) groups is 1. The van der Waals surface area contributed by atoms with Gasteiger partial charge in [0.15, 0.2) is 0 Å². The Bertz CT molecular complexity index is 587. The molecule has 0 spiro atoms. The van der Waals surface area contributed by atoms with E-state index >= 15 is 0 Å². The van der Waals surface area contributed by atoms with Gasteiger partial charge in [-0.15, -0.1) is 0 Å². The van der Waals surface area contributed by atoms with Crippen LogP contribution < -0.4 is 4.74 Å². The summed E-state index contributed by atoms with van der Waals surface area (Å²) in [7, 11) is 0. The van der Waals surface area contributed by atoms with Crippen molar-refractivity contribution in [2.24, 2.45) is 0 Å². The third kappa shape index (κ3) is 3.38. The SMILES string of the molecule is CCCOc1cncc(C(=O)c2ncccc2Br)c1. The lowest BCUT2D eigenvalue weighted by Crippen LogP contribution is -2.06. The molecule has 19 heavy (non-hydrogen) atoms. The topological polar surface area (TPSA) is 52.1 Å². The predicted octanol–water partition coefficient (Wildman–Crippen LogP) is 3.26. The fourth-order valence-electron chi connectivity index (χ4n) is 1.53. The quantitative estimate of drug-likeness (QED) is 0.793. The predicted molar refractivity (Wildman–Crippen MR) is 75.4 cm³/mol. The number of hydrogen-bond donors (Lipinski definition) is 0. The van der Waals surface area contributed by atoms with E-state index in [1.54, 1.807) is 30.6 Å². The van der Waals surface area contributed by atoms with Gasteiger partial charge in [0, 0.05) is 22.4 Å². The molecule has 0 aliphatic rings. The number of ether oxygens (including phenoxy) is 1. The standard InChI is InChI=1S/C14H13BrN2O2/c1-2-6-19-11-7-10(8-16-9-11)14(18)13-12(15)4-3-5-17-13/h3-5,7-9H,2,6H2,1H3. The molecule has 0 saturated carbocycles. The van der Waals surface area contributed by atoms with Crippen LogP contribution in [0.25, 0.3) is 0 Å². The molecule has 0 bridgehead atoms. The lowest BCUT2D eigenvalue weighted by Gasteiger charge is -2.06.